The Morgan fingerprint density at radius 2 is 1.63 bits per heavy atom. The minimum absolute atomic E-state index is 0.0962. The lowest BCUT2D eigenvalue weighted by Gasteiger charge is -2.18. The molecule has 2 heteroatoms. The number of fused-ring (bicyclic) bond motifs is 1. The predicted octanol–water partition coefficient (Wildman–Crippen LogP) is 4.62. The summed E-state index contributed by atoms with van der Waals surface area (Å²) in [6.45, 7) is 0. The van der Waals surface area contributed by atoms with Gasteiger partial charge in [-0.2, -0.15) is 0 Å². The van der Waals surface area contributed by atoms with Gasteiger partial charge in [0.1, 0.15) is 11.3 Å². The molecule has 1 aliphatic rings. The second-order valence-electron chi connectivity index (χ2n) is 5.55. The van der Waals surface area contributed by atoms with Gasteiger partial charge in [-0.15, -0.1) is 0 Å². The van der Waals surface area contributed by atoms with Gasteiger partial charge in [0.05, 0.1) is 5.39 Å². The van der Waals surface area contributed by atoms with Crippen molar-refractivity contribution in [2.45, 2.75) is 50.9 Å². The molecule has 0 radical (unpaired) electrons. The van der Waals surface area contributed by atoms with Gasteiger partial charge in [-0.05, 0) is 25.0 Å². The number of benzene rings is 1. The third kappa shape index (κ3) is 2.73. The Kier molecular flexibility index (Phi) is 3.67. The summed E-state index contributed by atoms with van der Waals surface area (Å²) >= 11 is 0. The molecule has 1 heterocycles. The van der Waals surface area contributed by atoms with Crippen LogP contribution in [0.3, 0.4) is 0 Å². The zero-order chi connectivity index (χ0) is 13.1. The first-order chi connectivity index (χ1) is 9.34. The molecule has 0 N–H and O–H groups in total. The van der Waals surface area contributed by atoms with Gasteiger partial charge in [0, 0.05) is 12.0 Å². The molecule has 3 rings (SSSR count). The number of hydrogen-bond donors (Lipinski definition) is 0. The standard InChI is InChI=1S/C17H20O2/c18-15-12-17(13-8-4-2-1-3-5-9-13)19-16-11-7-6-10-14(15)16/h6-7,10-13H,1-5,8-9H2. The van der Waals surface area contributed by atoms with Crippen LogP contribution in [0.1, 0.15) is 56.6 Å². The summed E-state index contributed by atoms with van der Waals surface area (Å²) in [5, 5.41) is 0.692. The van der Waals surface area contributed by atoms with Crippen molar-refractivity contribution in [3.05, 3.63) is 46.3 Å². The third-order valence-corrected chi connectivity index (χ3v) is 4.16. The van der Waals surface area contributed by atoms with E-state index in [1.807, 2.05) is 24.3 Å². The van der Waals surface area contributed by atoms with E-state index >= 15 is 0 Å². The number of rotatable bonds is 1. The molecular weight excluding hydrogens is 236 g/mol. The van der Waals surface area contributed by atoms with Gasteiger partial charge >= 0.3 is 0 Å². The molecule has 0 unspecified atom stereocenters. The maximum absolute atomic E-state index is 12.1. The van der Waals surface area contributed by atoms with E-state index in [0.29, 0.717) is 11.3 Å². The van der Waals surface area contributed by atoms with Gasteiger partial charge in [-0.25, -0.2) is 0 Å². The molecule has 0 bridgehead atoms. The zero-order valence-corrected chi connectivity index (χ0v) is 11.2. The highest BCUT2D eigenvalue weighted by Crippen LogP contribution is 2.31. The summed E-state index contributed by atoms with van der Waals surface area (Å²) < 4.78 is 5.98. The van der Waals surface area contributed by atoms with Crippen LogP contribution in [0.25, 0.3) is 11.0 Å². The van der Waals surface area contributed by atoms with E-state index in [4.69, 9.17) is 4.42 Å². The summed E-state index contributed by atoms with van der Waals surface area (Å²) in [4.78, 5) is 12.1. The highest BCUT2D eigenvalue weighted by Gasteiger charge is 2.17. The molecule has 1 aliphatic carbocycles. The van der Waals surface area contributed by atoms with Crippen LogP contribution in [0.2, 0.25) is 0 Å². The summed E-state index contributed by atoms with van der Waals surface area (Å²) in [6, 6.07) is 9.25. The van der Waals surface area contributed by atoms with Crippen molar-refractivity contribution in [2.75, 3.05) is 0 Å². The van der Waals surface area contributed by atoms with E-state index < -0.39 is 0 Å². The Labute approximate surface area is 113 Å². The average molecular weight is 256 g/mol. The first-order valence-corrected chi connectivity index (χ1v) is 7.37. The molecule has 2 nitrogen and oxygen atoms in total. The first kappa shape index (κ1) is 12.5. The van der Waals surface area contributed by atoms with Crippen LogP contribution in [0.15, 0.2) is 39.5 Å². The SMILES string of the molecule is O=c1cc(C2CCCCCCC2)oc2ccccc12. The lowest BCUT2D eigenvalue weighted by Crippen LogP contribution is -2.07. The van der Waals surface area contributed by atoms with Crippen LogP contribution in [0.5, 0.6) is 0 Å². The first-order valence-electron chi connectivity index (χ1n) is 7.37. The highest BCUT2D eigenvalue weighted by atomic mass is 16.3. The molecule has 1 aromatic heterocycles. The second kappa shape index (κ2) is 5.60. The van der Waals surface area contributed by atoms with Crippen molar-refractivity contribution in [1.82, 2.24) is 0 Å². The topological polar surface area (TPSA) is 30.2 Å². The molecule has 0 aliphatic heterocycles. The normalized spacial score (nSPS) is 18.1. The van der Waals surface area contributed by atoms with E-state index in [-0.39, 0.29) is 5.43 Å². The molecule has 0 amide bonds. The van der Waals surface area contributed by atoms with Gasteiger partial charge < -0.3 is 4.42 Å². The maximum Gasteiger partial charge on any atom is 0.192 e. The van der Waals surface area contributed by atoms with Crippen LogP contribution < -0.4 is 5.43 Å². The summed E-state index contributed by atoms with van der Waals surface area (Å²) in [5.74, 6) is 1.32. The van der Waals surface area contributed by atoms with Crippen LogP contribution in [0, 0.1) is 0 Å². The Balaban J connectivity index is 1.97. The van der Waals surface area contributed by atoms with Crippen molar-refractivity contribution in [1.29, 1.82) is 0 Å². The third-order valence-electron chi connectivity index (χ3n) is 4.16. The van der Waals surface area contributed by atoms with Crippen molar-refractivity contribution in [2.24, 2.45) is 0 Å². The Morgan fingerprint density at radius 3 is 2.42 bits per heavy atom. The average Bonchev–Trinajstić information content (AvgIpc) is 2.38. The molecular formula is C17H20O2. The fourth-order valence-corrected chi connectivity index (χ4v) is 3.06. The predicted molar refractivity (Wildman–Crippen MR) is 77.5 cm³/mol. The Morgan fingerprint density at radius 1 is 0.947 bits per heavy atom. The summed E-state index contributed by atoms with van der Waals surface area (Å²) in [5.41, 5.74) is 0.825. The number of hydrogen-bond acceptors (Lipinski definition) is 2. The molecule has 0 spiro atoms. The van der Waals surface area contributed by atoms with Crippen molar-refractivity contribution in [3.8, 4) is 0 Å². The molecule has 19 heavy (non-hydrogen) atoms. The van der Waals surface area contributed by atoms with E-state index in [0.717, 1.165) is 24.2 Å². The van der Waals surface area contributed by atoms with E-state index in [1.165, 1.54) is 32.1 Å². The Bertz CT molecular complexity index is 604. The lowest BCUT2D eigenvalue weighted by atomic mass is 9.89. The van der Waals surface area contributed by atoms with Gasteiger partial charge in [0.25, 0.3) is 0 Å². The fraction of sp³-hybridized carbons (Fsp3) is 0.471. The molecule has 100 valence electrons. The van der Waals surface area contributed by atoms with Crippen LogP contribution in [0.4, 0.5) is 0 Å². The van der Waals surface area contributed by atoms with Crippen LogP contribution in [-0.2, 0) is 0 Å². The lowest BCUT2D eigenvalue weighted by molar-refractivity contribution is 0.394. The number of para-hydroxylation sites is 1. The van der Waals surface area contributed by atoms with Crippen molar-refractivity contribution < 1.29 is 4.42 Å². The molecule has 2 aromatic rings. The van der Waals surface area contributed by atoms with E-state index in [1.54, 1.807) is 6.07 Å². The molecule has 0 saturated heterocycles. The quantitative estimate of drug-likeness (QED) is 0.745. The fourth-order valence-electron chi connectivity index (χ4n) is 3.06. The largest absolute Gasteiger partial charge is 0.461 e. The van der Waals surface area contributed by atoms with E-state index in [2.05, 4.69) is 0 Å². The molecule has 1 saturated carbocycles. The van der Waals surface area contributed by atoms with Gasteiger partial charge in [0.15, 0.2) is 5.43 Å². The Hall–Kier alpha value is -1.57. The second-order valence-corrected chi connectivity index (χ2v) is 5.55. The van der Waals surface area contributed by atoms with Crippen molar-refractivity contribution >= 4 is 11.0 Å². The summed E-state index contributed by atoms with van der Waals surface area (Å²) in [6.07, 6.45) is 8.79. The smallest absolute Gasteiger partial charge is 0.192 e. The highest BCUT2D eigenvalue weighted by molar-refractivity contribution is 5.76. The van der Waals surface area contributed by atoms with E-state index in [9.17, 15) is 4.79 Å². The maximum atomic E-state index is 12.1. The minimum Gasteiger partial charge on any atom is -0.461 e. The van der Waals surface area contributed by atoms with Crippen LogP contribution in [-0.4, -0.2) is 0 Å². The van der Waals surface area contributed by atoms with Gasteiger partial charge in [-0.3, -0.25) is 4.79 Å². The zero-order valence-electron chi connectivity index (χ0n) is 11.2. The van der Waals surface area contributed by atoms with Crippen molar-refractivity contribution in [3.63, 3.8) is 0 Å². The monoisotopic (exact) mass is 256 g/mol. The molecule has 1 aromatic carbocycles. The molecule has 1 fully saturated rings. The van der Waals surface area contributed by atoms with Gasteiger partial charge in [0.2, 0.25) is 0 Å². The molecule has 0 atom stereocenters. The summed E-state index contributed by atoms with van der Waals surface area (Å²) in [7, 11) is 0. The van der Waals surface area contributed by atoms with Crippen LogP contribution >= 0.6 is 0 Å². The van der Waals surface area contributed by atoms with Gasteiger partial charge in [-0.1, -0.05) is 44.2 Å². The minimum atomic E-state index is 0.0962.